The quantitative estimate of drug-likeness (QED) is 0.906. The molecule has 0 saturated heterocycles. The first-order valence-electron chi connectivity index (χ1n) is 6.48. The van der Waals surface area contributed by atoms with Gasteiger partial charge in [0.25, 0.3) is 0 Å². The molecule has 100 valence electrons. The van der Waals surface area contributed by atoms with Crippen LogP contribution in [0.4, 0.5) is 0 Å². The largest absolute Gasteiger partial charge is 0.312 e. The van der Waals surface area contributed by atoms with E-state index in [9.17, 15) is 0 Å². The fourth-order valence-electron chi connectivity index (χ4n) is 1.90. The Balaban J connectivity index is 2.15. The number of aromatic nitrogens is 1. The molecule has 0 aliphatic heterocycles. The van der Waals surface area contributed by atoms with E-state index in [-0.39, 0.29) is 0 Å². The van der Waals surface area contributed by atoms with Crippen LogP contribution >= 0.6 is 11.8 Å². The molecule has 1 aromatic carbocycles. The number of hydrogen-bond acceptors (Lipinski definition) is 3. The van der Waals surface area contributed by atoms with Crippen LogP contribution in [0.15, 0.2) is 46.3 Å². The standard InChI is InChI=1S/C16H20N2S/c1-11-5-8-16(12(2)9-11)19-14-6-7-15(18-10-14)13(3)17-4/h5-10,13,17H,1-4H3. The lowest BCUT2D eigenvalue weighted by molar-refractivity contribution is 0.631. The van der Waals surface area contributed by atoms with Crippen molar-refractivity contribution in [1.29, 1.82) is 0 Å². The van der Waals surface area contributed by atoms with Crippen molar-refractivity contribution in [2.45, 2.75) is 36.6 Å². The first-order valence-corrected chi connectivity index (χ1v) is 7.30. The minimum absolute atomic E-state index is 0.292. The van der Waals surface area contributed by atoms with Gasteiger partial charge < -0.3 is 5.32 Å². The second-order valence-electron chi connectivity index (χ2n) is 4.80. The lowest BCUT2D eigenvalue weighted by Crippen LogP contribution is -2.13. The summed E-state index contributed by atoms with van der Waals surface area (Å²) in [6, 6.07) is 11.1. The zero-order chi connectivity index (χ0) is 13.8. The average Bonchev–Trinajstić information content (AvgIpc) is 2.42. The maximum atomic E-state index is 4.51. The summed E-state index contributed by atoms with van der Waals surface area (Å²) < 4.78 is 0. The second-order valence-corrected chi connectivity index (χ2v) is 5.92. The van der Waals surface area contributed by atoms with Gasteiger partial charge in [0.05, 0.1) is 5.69 Å². The van der Waals surface area contributed by atoms with Gasteiger partial charge in [-0.05, 0) is 51.6 Å². The molecule has 0 bridgehead atoms. The van der Waals surface area contributed by atoms with E-state index in [1.165, 1.54) is 20.9 Å². The second kappa shape index (κ2) is 6.22. The molecule has 0 aliphatic carbocycles. The molecule has 2 nitrogen and oxygen atoms in total. The molecule has 2 rings (SSSR count). The number of benzene rings is 1. The average molecular weight is 272 g/mol. The molecule has 0 spiro atoms. The third-order valence-corrected chi connectivity index (χ3v) is 4.35. The molecular weight excluding hydrogens is 252 g/mol. The van der Waals surface area contributed by atoms with E-state index in [2.05, 4.69) is 61.4 Å². The van der Waals surface area contributed by atoms with Gasteiger partial charge in [-0.25, -0.2) is 0 Å². The Kier molecular flexibility index (Phi) is 4.61. The highest BCUT2D eigenvalue weighted by molar-refractivity contribution is 7.99. The first-order chi connectivity index (χ1) is 9.10. The number of pyridine rings is 1. The third-order valence-electron chi connectivity index (χ3n) is 3.19. The summed E-state index contributed by atoms with van der Waals surface area (Å²) in [5, 5.41) is 3.20. The number of nitrogens with one attached hydrogen (secondary N) is 1. The van der Waals surface area contributed by atoms with Gasteiger partial charge in [-0.3, -0.25) is 4.98 Å². The lowest BCUT2D eigenvalue weighted by atomic mass is 10.2. The van der Waals surface area contributed by atoms with Crippen LogP contribution in [0.3, 0.4) is 0 Å². The smallest absolute Gasteiger partial charge is 0.0571 e. The van der Waals surface area contributed by atoms with Crippen LogP contribution in [0.5, 0.6) is 0 Å². The van der Waals surface area contributed by atoms with Gasteiger partial charge in [0.1, 0.15) is 0 Å². The van der Waals surface area contributed by atoms with E-state index in [4.69, 9.17) is 0 Å². The maximum Gasteiger partial charge on any atom is 0.0571 e. The van der Waals surface area contributed by atoms with Crippen molar-refractivity contribution in [2.75, 3.05) is 7.05 Å². The Labute approximate surface area is 119 Å². The molecule has 2 aromatic rings. The highest BCUT2D eigenvalue weighted by Gasteiger charge is 2.05. The molecule has 1 atom stereocenters. The van der Waals surface area contributed by atoms with Crippen LogP contribution in [0, 0.1) is 13.8 Å². The van der Waals surface area contributed by atoms with Crippen LogP contribution in [-0.2, 0) is 0 Å². The van der Waals surface area contributed by atoms with Gasteiger partial charge in [0.15, 0.2) is 0 Å². The van der Waals surface area contributed by atoms with Gasteiger partial charge in [-0.15, -0.1) is 0 Å². The van der Waals surface area contributed by atoms with Gasteiger partial charge in [0.2, 0.25) is 0 Å². The molecule has 3 heteroatoms. The number of aryl methyl sites for hydroxylation is 2. The molecule has 0 fully saturated rings. The Hall–Kier alpha value is -1.32. The minimum Gasteiger partial charge on any atom is -0.312 e. The van der Waals surface area contributed by atoms with Crippen LogP contribution in [0.2, 0.25) is 0 Å². The highest BCUT2D eigenvalue weighted by Crippen LogP contribution is 2.30. The Morgan fingerprint density at radius 3 is 2.53 bits per heavy atom. The molecule has 1 N–H and O–H groups in total. The van der Waals surface area contributed by atoms with E-state index >= 15 is 0 Å². The molecular formula is C16H20N2S. The van der Waals surface area contributed by atoms with Crippen LogP contribution in [0.25, 0.3) is 0 Å². The van der Waals surface area contributed by atoms with E-state index in [0.717, 1.165) is 5.69 Å². The van der Waals surface area contributed by atoms with Crippen LogP contribution < -0.4 is 5.32 Å². The molecule has 0 aliphatic rings. The van der Waals surface area contributed by atoms with E-state index in [1.807, 2.05) is 13.2 Å². The molecule has 0 saturated carbocycles. The Morgan fingerprint density at radius 2 is 1.95 bits per heavy atom. The topological polar surface area (TPSA) is 24.9 Å². The fraction of sp³-hybridized carbons (Fsp3) is 0.312. The van der Waals surface area contributed by atoms with Crippen molar-refractivity contribution < 1.29 is 0 Å². The van der Waals surface area contributed by atoms with Crippen molar-refractivity contribution in [3.63, 3.8) is 0 Å². The summed E-state index contributed by atoms with van der Waals surface area (Å²) in [5.41, 5.74) is 3.70. The van der Waals surface area contributed by atoms with Gasteiger partial charge in [0, 0.05) is 22.0 Å². The molecule has 1 heterocycles. The number of rotatable bonds is 4. The van der Waals surface area contributed by atoms with Crippen molar-refractivity contribution in [1.82, 2.24) is 10.3 Å². The zero-order valence-corrected chi connectivity index (χ0v) is 12.7. The van der Waals surface area contributed by atoms with Crippen molar-refractivity contribution in [3.05, 3.63) is 53.3 Å². The lowest BCUT2D eigenvalue weighted by Gasteiger charge is -2.10. The SMILES string of the molecule is CNC(C)c1ccc(Sc2ccc(C)cc2C)cn1. The predicted molar refractivity (Wildman–Crippen MR) is 81.8 cm³/mol. The van der Waals surface area contributed by atoms with E-state index in [0.29, 0.717) is 6.04 Å². The van der Waals surface area contributed by atoms with Gasteiger partial charge in [-0.2, -0.15) is 0 Å². The number of hydrogen-bond donors (Lipinski definition) is 1. The minimum atomic E-state index is 0.292. The monoisotopic (exact) mass is 272 g/mol. The summed E-state index contributed by atoms with van der Waals surface area (Å²) in [5.74, 6) is 0. The van der Waals surface area contributed by atoms with E-state index in [1.54, 1.807) is 11.8 Å². The summed E-state index contributed by atoms with van der Waals surface area (Å²) in [6.45, 7) is 6.39. The Morgan fingerprint density at radius 1 is 1.16 bits per heavy atom. The van der Waals surface area contributed by atoms with Crippen molar-refractivity contribution >= 4 is 11.8 Å². The summed E-state index contributed by atoms with van der Waals surface area (Å²) in [7, 11) is 1.95. The van der Waals surface area contributed by atoms with E-state index < -0.39 is 0 Å². The van der Waals surface area contributed by atoms with Crippen LogP contribution in [-0.4, -0.2) is 12.0 Å². The van der Waals surface area contributed by atoms with Crippen LogP contribution in [0.1, 0.15) is 29.8 Å². The van der Waals surface area contributed by atoms with Crippen molar-refractivity contribution in [3.8, 4) is 0 Å². The molecule has 19 heavy (non-hydrogen) atoms. The predicted octanol–water partition coefficient (Wildman–Crippen LogP) is 4.13. The normalized spacial score (nSPS) is 12.4. The highest BCUT2D eigenvalue weighted by atomic mass is 32.2. The molecule has 0 amide bonds. The Bertz CT molecular complexity index is 549. The summed E-state index contributed by atoms with van der Waals surface area (Å²) in [4.78, 5) is 6.98. The first kappa shape index (κ1) is 14.1. The summed E-state index contributed by atoms with van der Waals surface area (Å²) in [6.07, 6.45) is 1.95. The molecule has 1 aromatic heterocycles. The fourth-order valence-corrected chi connectivity index (χ4v) is 2.75. The third kappa shape index (κ3) is 3.58. The molecule has 0 radical (unpaired) electrons. The van der Waals surface area contributed by atoms with Gasteiger partial charge >= 0.3 is 0 Å². The number of nitrogens with zero attached hydrogens (tertiary/aromatic N) is 1. The zero-order valence-electron chi connectivity index (χ0n) is 11.9. The van der Waals surface area contributed by atoms with Gasteiger partial charge in [-0.1, -0.05) is 29.5 Å². The molecule has 1 unspecified atom stereocenters. The summed E-state index contributed by atoms with van der Waals surface area (Å²) >= 11 is 1.77. The van der Waals surface area contributed by atoms with Crippen molar-refractivity contribution in [2.24, 2.45) is 0 Å². The maximum absolute atomic E-state index is 4.51.